The van der Waals surface area contributed by atoms with Gasteiger partial charge in [0.1, 0.15) is 0 Å². The molecule has 1 unspecified atom stereocenters. The second kappa shape index (κ2) is 5.10. The summed E-state index contributed by atoms with van der Waals surface area (Å²) in [7, 11) is 2.14. The number of aryl methyl sites for hydroxylation is 1. The normalized spacial score (nSPS) is 24.5. The number of Topliss-reactive ketones (excluding diaryl/α,β-unsaturated/α-hetero) is 1. The smallest absolute Gasteiger partial charge is 0.164 e. The van der Waals surface area contributed by atoms with E-state index < -0.39 is 0 Å². The Morgan fingerprint density at radius 1 is 1.42 bits per heavy atom. The van der Waals surface area contributed by atoms with E-state index in [0.29, 0.717) is 12.2 Å². The third-order valence-corrected chi connectivity index (χ3v) is 4.26. The number of hydrogen-bond acceptors (Lipinski definition) is 3. The molecule has 19 heavy (non-hydrogen) atoms. The molecule has 1 aliphatic carbocycles. The zero-order valence-corrected chi connectivity index (χ0v) is 11.8. The van der Waals surface area contributed by atoms with Gasteiger partial charge in [-0.2, -0.15) is 0 Å². The van der Waals surface area contributed by atoms with Crippen molar-refractivity contribution in [3.8, 4) is 0 Å². The zero-order chi connectivity index (χ0) is 13.4. The van der Waals surface area contributed by atoms with Gasteiger partial charge in [-0.15, -0.1) is 0 Å². The number of fused-ring (bicyclic) bond motifs is 1. The first-order valence-corrected chi connectivity index (χ1v) is 7.17. The lowest BCUT2D eigenvalue weighted by atomic mass is 9.96. The van der Waals surface area contributed by atoms with Crippen molar-refractivity contribution in [3.63, 3.8) is 0 Å². The number of carbonyl (C=O) groups excluding carboxylic acids is 1. The van der Waals surface area contributed by atoms with Crippen molar-refractivity contribution in [2.24, 2.45) is 0 Å². The first-order valence-electron chi connectivity index (χ1n) is 7.17. The number of morpholine rings is 1. The fourth-order valence-corrected chi connectivity index (χ4v) is 3.23. The quantitative estimate of drug-likeness (QED) is 0.812. The second-order valence-electron chi connectivity index (χ2n) is 5.79. The van der Waals surface area contributed by atoms with Crippen LogP contribution in [0.4, 0.5) is 0 Å². The third kappa shape index (κ3) is 2.47. The Kier molecular flexibility index (Phi) is 3.46. The van der Waals surface area contributed by atoms with Crippen LogP contribution < -0.4 is 0 Å². The zero-order valence-electron chi connectivity index (χ0n) is 11.8. The lowest BCUT2D eigenvalue weighted by Crippen LogP contribution is -2.42. The van der Waals surface area contributed by atoms with Gasteiger partial charge in [0.2, 0.25) is 0 Å². The maximum absolute atomic E-state index is 11.9. The average molecular weight is 262 g/mol. The fraction of sp³-hybridized carbons (Fsp3) is 0.667. The molecule has 1 aromatic heterocycles. The summed E-state index contributed by atoms with van der Waals surface area (Å²) in [4.78, 5) is 14.3. The minimum Gasteiger partial charge on any atom is -0.374 e. The van der Waals surface area contributed by atoms with E-state index >= 15 is 0 Å². The van der Waals surface area contributed by atoms with Crippen LogP contribution >= 0.6 is 0 Å². The number of carbonyl (C=O) groups is 1. The van der Waals surface area contributed by atoms with Crippen molar-refractivity contribution in [1.29, 1.82) is 0 Å². The molecule has 0 aromatic carbocycles. The summed E-state index contributed by atoms with van der Waals surface area (Å²) in [6.07, 6.45) is 2.96. The number of ketones is 1. The Labute approximate surface area is 114 Å². The molecule has 1 saturated heterocycles. The summed E-state index contributed by atoms with van der Waals surface area (Å²) in [5.74, 6) is 0.310. The summed E-state index contributed by atoms with van der Waals surface area (Å²) < 4.78 is 8.15. The van der Waals surface area contributed by atoms with Gasteiger partial charge in [0.25, 0.3) is 0 Å². The van der Waals surface area contributed by atoms with Gasteiger partial charge in [-0.25, -0.2) is 0 Å². The maximum atomic E-state index is 11.9. The van der Waals surface area contributed by atoms with Gasteiger partial charge in [-0.1, -0.05) is 0 Å². The summed E-state index contributed by atoms with van der Waals surface area (Å²) in [5.41, 5.74) is 3.37. The van der Waals surface area contributed by atoms with Gasteiger partial charge in [0, 0.05) is 36.5 Å². The number of nitrogens with zero attached hydrogens (tertiary/aromatic N) is 2. The molecule has 1 atom stereocenters. The number of likely N-dealkylation sites (N-methyl/N-ethyl adjacent to an activating group) is 1. The molecule has 0 saturated carbocycles. The summed E-state index contributed by atoms with van der Waals surface area (Å²) >= 11 is 0. The molecule has 0 bridgehead atoms. The van der Waals surface area contributed by atoms with E-state index in [0.717, 1.165) is 44.6 Å². The predicted molar refractivity (Wildman–Crippen MR) is 73.7 cm³/mol. The van der Waals surface area contributed by atoms with Gasteiger partial charge in [-0.05, 0) is 32.9 Å². The lowest BCUT2D eigenvalue weighted by Gasteiger charge is -2.31. The van der Waals surface area contributed by atoms with Gasteiger partial charge >= 0.3 is 0 Å². The van der Waals surface area contributed by atoms with E-state index in [4.69, 9.17) is 4.74 Å². The average Bonchev–Trinajstić information content (AvgIpc) is 2.69. The van der Waals surface area contributed by atoms with Crippen LogP contribution in [0.3, 0.4) is 0 Å². The first-order chi connectivity index (χ1) is 9.15. The first kappa shape index (κ1) is 12.9. The highest BCUT2D eigenvalue weighted by atomic mass is 16.5. The molecule has 4 nitrogen and oxygen atoms in total. The van der Waals surface area contributed by atoms with E-state index in [1.807, 2.05) is 0 Å². The number of aromatic nitrogens is 1. The second-order valence-corrected chi connectivity index (χ2v) is 5.79. The molecule has 104 valence electrons. The summed E-state index contributed by atoms with van der Waals surface area (Å²) in [5, 5.41) is 0. The van der Waals surface area contributed by atoms with Crippen LogP contribution in [-0.4, -0.2) is 48.1 Å². The molecule has 2 aliphatic rings. The minimum absolute atomic E-state index is 0.242. The van der Waals surface area contributed by atoms with Crippen LogP contribution in [0.5, 0.6) is 0 Å². The van der Waals surface area contributed by atoms with Crippen LogP contribution in [0.1, 0.15) is 34.6 Å². The molecule has 3 rings (SSSR count). The largest absolute Gasteiger partial charge is 0.374 e. The molecule has 0 amide bonds. The summed E-state index contributed by atoms with van der Waals surface area (Å²) in [6, 6.07) is 2.06. The fourth-order valence-electron chi connectivity index (χ4n) is 3.23. The van der Waals surface area contributed by atoms with E-state index in [2.05, 4.69) is 29.5 Å². The van der Waals surface area contributed by atoms with Crippen LogP contribution in [0.2, 0.25) is 0 Å². The van der Waals surface area contributed by atoms with Crippen LogP contribution in [0, 0.1) is 6.92 Å². The molecule has 0 spiro atoms. The van der Waals surface area contributed by atoms with Crippen molar-refractivity contribution in [3.05, 3.63) is 23.0 Å². The number of hydrogen-bond donors (Lipinski definition) is 0. The Morgan fingerprint density at radius 2 is 2.26 bits per heavy atom. The Balaban J connectivity index is 1.83. The van der Waals surface area contributed by atoms with Gasteiger partial charge < -0.3 is 14.2 Å². The number of rotatable bonds is 2. The van der Waals surface area contributed by atoms with E-state index in [-0.39, 0.29) is 6.10 Å². The molecular weight excluding hydrogens is 240 g/mol. The Hall–Kier alpha value is -1.13. The Bertz CT molecular complexity index is 493. The van der Waals surface area contributed by atoms with Crippen molar-refractivity contribution in [1.82, 2.24) is 9.47 Å². The van der Waals surface area contributed by atoms with Crippen molar-refractivity contribution in [2.75, 3.05) is 26.7 Å². The summed E-state index contributed by atoms with van der Waals surface area (Å²) in [6.45, 7) is 5.76. The Morgan fingerprint density at radius 3 is 3.05 bits per heavy atom. The predicted octanol–water partition coefficient (Wildman–Crippen LogP) is 1.65. The highest BCUT2D eigenvalue weighted by Gasteiger charge is 2.25. The maximum Gasteiger partial charge on any atom is 0.164 e. The van der Waals surface area contributed by atoms with E-state index in [1.165, 1.54) is 11.4 Å². The van der Waals surface area contributed by atoms with Crippen molar-refractivity contribution >= 4 is 5.78 Å². The van der Waals surface area contributed by atoms with Gasteiger partial charge in [-0.3, -0.25) is 4.79 Å². The standard InChI is InChI=1S/C15H22N2O2/c1-11-8-13-14(4-3-5-15(13)18)17(11)10-12-9-16(2)6-7-19-12/h8,12H,3-7,9-10H2,1-2H3. The van der Waals surface area contributed by atoms with Gasteiger partial charge in [0.05, 0.1) is 19.3 Å². The monoisotopic (exact) mass is 262 g/mol. The van der Waals surface area contributed by atoms with Crippen LogP contribution in [0.25, 0.3) is 0 Å². The molecule has 2 heterocycles. The molecule has 0 radical (unpaired) electrons. The topological polar surface area (TPSA) is 34.5 Å². The molecule has 1 fully saturated rings. The molecule has 4 heteroatoms. The SMILES string of the molecule is Cc1cc2c(n1CC1CN(C)CCO1)CCCC2=O. The van der Waals surface area contributed by atoms with Gasteiger partial charge in [0.15, 0.2) is 5.78 Å². The number of ether oxygens (including phenoxy) is 1. The third-order valence-electron chi connectivity index (χ3n) is 4.26. The highest BCUT2D eigenvalue weighted by Crippen LogP contribution is 2.25. The van der Waals surface area contributed by atoms with E-state index in [9.17, 15) is 4.79 Å². The lowest BCUT2D eigenvalue weighted by molar-refractivity contribution is -0.0280. The highest BCUT2D eigenvalue weighted by molar-refractivity contribution is 5.98. The molecule has 0 N–H and O–H groups in total. The minimum atomic E-state index is 0.242. The molecule has 1 aliphatic heterocycles. The van der Waals surface area contributed by atoms with Crippen molar-refractivity contribution in [2.45, 2.75) is 38.8 Å². The molecule has 1 aromatic rings. The van der Waals surface area contributed by atoms with Crippen LogP contribution in [-0.2, 0) is 17.7 Å². The van der Waals surface area contributed by atoms with Crippen LogP contribution in [0.15, 0.2) is 6.07 Å². The van der Waals surface area contributed by atoms with E-state index in [1.54, 1.807) is 0 Å². The van der Waals surface area contributed by atoms with Crippen molar-refractivity contribution < 1.29 is 9.53 Å². The molecular formula is C15H22N2O2.